The van der Waals surface area contributed by atoms with Crippen LogP contribution in [0.4, 0.5) is 9.59 Å². The van der Waals surface area contributed by atoms with Crippen molar-refractivity contribution >= 4 is 29.8 Å². The average Bonchev–Trinajstić information content (AvgIpc) is 2.58. The Morgan fingerprint density at radius 1 is 1.14 bits per heavy atom. The van der Waals surface area contributed by atoms with Crippen LogP contribution in [0.2, 0.25) is 5.02 Å². The molecule has 0 saturated heterocycles. The fourth-order valence-electron chi connectivity index (χ4n) is 2.18. The topological polar surface area (TPSA) is 114 Å². The van der Waals surface area contributed by atoms with Gasteiger partial charge in [0.15, 0.2) is 0 Å². The number of hydrogen-bond acceptors (Lipinski definition) is 5. The summed E-state index contributed by atoms with van der Waals surface area (Å²) in [5.41, 5.74) is 0.0478. The highest BCUT2D eigenvalue weighted by molar-refractivity contribution is 6.31. The normalized spacial score (nSPS) is 12.0. The van der Waals surface area contributed by atoms with E-state index in [0.717, 1.165) is 0 Å². The van der Waals surface area contributed by atoms with Crippen LogP contribution in [-0.2, 0) is 20.9 Å². The van der Waals surface area contributed by atoms with Crippen molar-refractivity contribution in [3.05, 3.63) is 34.9 Å². The van der Waals surface area contributed by atoms with Crippen LogP contribution in [0.15, 0.2) is 24.3 Å². The fraction of sp³-hybridized carbons (Fsp3) is 0.526. The van der Waals surface area contributed by atoms with Crippen LogP contribution in [0, 0.1) is 0 Å². The number of hydrogen-bond donors (Lipinski definition) is 3. The number of amides is 2. The number of carbonyl (C=O) groups is 3. The summed E-state index contributed by atoms with van der Waals surface area (Å²) in [5.74, 6) is -1.16. The maximum Gasteiger partial charge on any atom is 0.408 e. The maximum absolute atomic E-state index is 11.8. The van der Waals surface area contributed by atoms with Gasteiger partial charge in [-0.2, -0.15) is 0 Å². The first-order chi connectivity index (χ1) is 13.1. The van der Waals surface area contributed by atoms with Gasteiger partial charge in [-0.3, -0.25) is 0 Å². The number of carboxylic acids is 1. The molecule has 0 heterocycles. The third-order valence-corrected chi connectivity index (χ3v) is 3.86. The van der Waals surface area contributed by atoms with Crippen LogP contribution in [0.3, 0.4) is 0 Å². The summed E-state index contributed by atoms with van der Waals surface area (Å²) in [6.07, 6.45) is -0.133. The molecule has 1 rings (SSSR count). The largest absolute Gasteiger partial charge is 0.480 e. The fourth-order valence-corrected chi connectivity index (χ4v) is 2.37. The number of benzene rings is 1. The van der Waals surface area contributed by atoms with E-state index in [2.05, 4.69) is 10.6 Å². The van der Waals surface area contributed by atoms with Crippen molar-refractivity contribution in [2.75, 3.05) is 6.54 Å². The highest BCUT2D eigenvalue weighted by Crippen LogP contribution is 2.15. The maximum atomic E-state index is 11.8. The Kier molecular flexibility index (Phi) is 9.58. The zero-order valence-electron chi connectivity index (χ0n) is 16.3. The van der Waals surface area contributed by atoms with Gasteiger partial charge in [0.25, 0.3) is 0 Å². The van der Waals surface area contributed by atoms with Gasteiger partial charge >= 0.3 is 18.2 Å². The minimum absolute atomic E-state index is 0.0579. The molecule has 28 heavy (non-hydrogen) atoms. The Bertz CT molecular complexity index is 675. The van der Waals surface area contributed by atoms with Crippen molar-refractivity contribution in [1.82, 2.24) is 10.6 Å². The predicted molar refractivity (Wildman–Crippen MR) is 104 cm³/mol. The third-order valence-electron chi connectivity index (χ3n) is 3.49. The predicted octanol–water partition coefficient (Wildman–Crippen LogP) is 3.71. The molecular weight excluding hydrogens is 388 g/mol. The minimum Gasteiger partial charge on any atom is -0.480 e. The first-order valence-electron chi connectivity index (χ1n) is 8.95. The van der Waals surface area contributed by atoms with Gasteiger partial charge in [0.05, 0.1) is 0 Å². The molecule has 2 amide bonds. The van der Waals surface area contributed by atoms with Crippen LogP contribution in [0.25, 0.3) is 0 Å². The second-order valence-corrected chi connectivity index (χ2v) is 7.53. The zero-order valence-corrected chi connectivity index (χ0v) is 17.0. The lowest BCUT2D eigenvalue weighted by Gasteiger charge is -2.19. The van der Waals surface area contributed by atoms with Crippen molar-refractivity contribution < 1.29 is 29.0 Å². The first-order valence-corrected chi connectivity index (χ1v) is 9.32. The summed E-state index contributed by atoms with van der Waals surface area (Å²) in [6, 6.07) is 5.81. The number of ether oxygens (including phenoxy) is 2. The molecule has 8 nitrogen and oxygen atoms in total. The third kappa shape index (κ3) is 10.0. The summed E-state index contributed by atoms with van der Waals surface area (Å²) in [7, 11) is 0. The average molecular weight is 415 g/mol. The molecule has 1 aromatic carbocycles. The minimum atomic E-state index is -1.16. The van der Waals surface area contributed by atoms with E-state index in [0.29, 0.717) is 30.0 Å². The van der Waals surface area contributed by atoms with E-state index in [1.54, 1.807) is 45.0 Å². The van der Waals surface area contributed by atoms with E-state index in [1.165, 1.54) is 0 Å². The number of nitrogens with one attached hydrogen (secondary N) is 2. The number of carboxylic acid groups (broad SMARTS) is 1. The van der Waals surface area contributed by atoms with E-state index >= 15 is 0 Å². The Morgan fingerprint density at radius 3 is 2.43 bits per heavy atom. The van der Waals surface area contributed by atoms with Crippen molar-refractivity contribution in [2.45, 2.75) is 58.3 Å². The number of alkyl carbamates (subject to hydrolysis) is 2. The molecule has 0 radical (unpaired) electrons. The lowest BCUT2D eigenvalue weighted by atomic mass is 10.1. The standard InChI is InChI=1S/C19H27ClN2O6/c1-19(2,3)28-17(25)21-11-7-6-10-15(16(23)24)22-18(26)27-12-13-8-4-5-9-14(13)20/h4-5,8-9,15H,6-7,10-12H2,1-3H3,(H,21,25)(H,22,26)(H,23,24)/t15-/m1/s1. The van der Waals surface area contributed by atoms with Crippen LogP contribution < -0.4 is 10.6 Å². The summed E-state index contributed by atoms with van der Waals surface area (Å²) in [4.78, 5) is 34.7. The van der Waals surface area contributed by atoms with Crippen molar-refractivity contribution in [3.8, 4) is 0 Å². The van der Waals surface area contributed by atoms with E-state index < -0.39 is 29.8 Å². The highest BCUT2D eigenvalue weighted by atomic mass is 35.5. The number of unbranched alkanes of at least 4 members (excludes halogenated alkanes) is 1. The number of halogens is 1. The first kappa shape index (κ1) is 23.6. The summed E-state index contributed by atoms with van der Waals surface area (Å²) < 4.78 is 10.1. The Hall–Kier alpha value is -2.48. The summed E-state index contributed by atoms with van der Waals surface area (Å²) >= 11 is 5.98. The molecular formula is C19H27ClN2O6. The molecule has 3 N–H and O–H groups in total. The molecule has 0 aliphatic heterocycles. The van der Waals surface area contributed by atoms with Gasteiger partial charge in [-0.05, 0) is 46.1 Å². The van der Waals surface area contributed by atoms with Crippen LogP contribution >= 0.6 is 11.6 Å². The lowest BCUT2D eigenvalue weighted by molar-refractivity contribution is -0.139. The Morgan fingerprint density at radius 2 is 1.82 bits per heavy atom. The molecule has 156 valence electrons. The SMILES string of the molecule is CC(C)(C)OC(=O)NCCCC[C@@H](NC(=O)OCc1ccccc1Cl)C(=O)O. The van der Waals surface area contributed by atoms with Crippen LogP contribution in [0.5, 0.6) is 0 Å². The smallest absolute Gasteiger partial charge is 0.408 e. The van der Waals surface area contributed by atoms with E-state index in [4.69, 9.17) is 21.1 Å². The molecule has 0 aliphatic rings. The monoisotopic (exact) mass is 414 g/mol. The highest BCUT2D eigenvalue weighted by Gasteiger charge is 2.20. The van der Waals surface area contributed by atoms with Gasteiger partial charge in [0.2, 0.25) is 0 Å². The number of carbonyl (C=O) groups excluding carboxylic acids is 2. The quantitative estimate of drug-likeness (QED) is 0.530. The summed E-state index contributed by atoms with van der Waals surface area (Å²) in [5, 5.41) is 14.6. The molecule has 0 aromatic heterocycles. The van der Waals surface area contributed by atoms with Crippen molar-refractivity contribution in [1.29, 1.82) is 0 Å². The molecule has 0 spiro atoms. The zero-order chi connectivity index (χ0) is 21.2. The van der Waals surface area contributed by atoms with Gasteiger partial charge in [0.1, 0.15) is 18.2 Å². The second-order valence-electron chi connectivity index (χ2n) is 7.13. The van der Waals surface area contributed by atoms with E-state index in [-0.39, 0.29) is 13.0 Å². The summed E-state index contributed by atoms with van der Waals surface area (Å²) in [6.45, 7) is 5.58. The molecule has 0 bridgehead atoms. The number of aliphatic carboxylic acids is 1. The van der Waals surface area contributed by atoms with Crippen molar-refractivity contribution in [2.24, 2.45) is 0 Å². The van der Waals surface area contributed by atoms with Gasteiger partial charge < -0.3 is 25.2 Å². The number of rotatable bonds is 9. The molecule has 0 unspecified atom stereocenters. The van der Waals surface area contributed by atoms with Gasteiger partial charge in [0, 0.05) is 17.1 Å². The molecule has 0 aliphatic carbocycles. The molecule has 1 atom stereocenters. The molecule has 9 heteroatoms. The van der Waals surface area contributed by atoms with E-state index in [1.807, 2.05) is 0 Å². The second kappa shape index (κ2) is 11.4. The Labute approximate surface area is 169 Å². The molecule has 1 aromatic rings. The van der Waals surface area contributed by atoms with Crippen LogP contribution in [0.1, 0.15) is 45.6 Å². The van der Waals surface area contributed by atoms with Gasteiger partial charge in [-0.25, -0.2) is 14.4 Å². The Balaban J connectivity index is 2.31. The van der Waals surface area contributed by atoms with Gasteiger partial charge in [-0.15, -0.1) is 0 Å². The van der Waals surface area contributed by atoms with Gasteiger partial charge in [-0.1, -0.05) is 29.8 Å². The van der Waals surface area contributed by atoms with Crippen LogP contribution in [-0.4, -0.2) is 41.4 Å². The van der Waals surface area contributed by atoms with E-state index in [9.17, 15) is 19.5 Å². The molecule has 0 fully saturated rings. The van der Waals surface area contributed by atoms with Crippen molar-refractivity contribution in [3.63, 3.8) is 0 Å². The lowest BCUT2D eigenvalue weighted by Crippen LogP contribution is -2.41. The molecule has 0 saturated carbocycles.